The predicted molar refractivity (Wildman–Crippen MR) is 68.8 cm³/mol. The molecular weight excluding hydrogens is 238 g/mol. The van der Waals surface area contributed by atoms with E-state index < -0.39 is 0 Å². The van der Waals surface area contributed by atoms with Crippen LogP contribution in [-0.4, -0.2) is 29.1 Å². The topological polar surface area (TPSA) is 74.2 Å². The summed E-state index contributed by atoms with van der Waals surface area (Å²) in [7, 11) is 1.68. The number of thioether (sulfide) groups is 1. The van der Waals surface area contributed by atoms with Gasteiger partial charge in [-0.25, -0.2) is 0 Å². The Morgan fingerprint density at radius 3 is 2.88 bits per heavy atom. The van der Waals surface area contributed by atoms with Crippen molar-refractivity contribution in [2.75, 3.05) is 13.7 Å². The molecular formula is C11H21N3O2S. The third-order valence-corrected chi connectivity index (χ3v) is 3.30. The van der Waals surface area contributed by atoms with Gasteiger partial charge in [0.25, 0.3) is 0 Å². The van der Waals surface area contributed by atoms with Crippen LogP contribution >= 0.6 is 11.8 Å². The van der Waals surface area contributed by atoms with Crippen molar-refractivity contribution in [1.82, 2.24) is 10.1 Å². The second kappa shape index (κ2) is 7.68. The molecule has 1 aromatic rings. The summed E-state index contributed by atoms with van der Waals surface area (Å²) in [5.41, 5.74) is 5.95. The Kier molecular flexibility index (Phi) is 6.54. The van der Waals surface area contributed by atoms with Crippen molar-refractivity contribution in [3.63, 3.8) is 0 Å². The molecule has 1 aromatic heterocycles. The first-order valence-corrected chi connectivity index (χ1v) is 6.87. The summed E-state index contributed by atoms with van der Waals surface area (Å²) >= 11 is 1.79. The minimum atomic E-state index is -0.185. The molecule has 6 heteroatoms. The van der Waals surface area contributed by atoms with Gasteiger partial charge in [-0.3, -0.25) is 0 Å². The number of methoxy groups -OCH3 is 1. The zero-order chi connectivity index (χ0) is 12.7. The van der Waals surface area contributed by atoms with Gasteiger partial charge < -0.3 is 15.0 Å². The number of aromatic nitrogens is 2. The fourth-order valence-corrected chi connectivity index (χ4v) is 1.89. The maximum absolute atomic E-state index is 5.95. The smallest absolute Gasteiger partial charge is 0.243 e. The van der Waals surface area contributed by atoms with E-state index in [1.54, 1.807) is 18.9 Å². The van der Waals surface area contributed by atoms with Crippen LogP contribution in [0.2, 0.25) is 0 Å². The van der Waals surface area contributed by atoms with Gasteiger partial charge in [0.1, 0.15) is 0 Å². The van der Waals surface area contributed by atoms with Crippen LogP contribution in [0.5, 0.6) is 0 Å². The fourth-order valence-electron chi connectivity index (χ4n) is 1.29. The quantitative estimate of drug-likeness (QED) is 0.721. The largest absolute Gasteiger partial charge is 0.385 e. The molecule has 1 rings (SSSR count). The monoisotopic (exact) mass is 259 g/mol. The van der Waals surface area contributed by atoms with Crippen LogP contribution in [0.1, 0.15) is 44.4 Å². The molecule has 2 N–H and O–H groups in total. The van der Waals surface area contributed by atoms with Gasteiger partial charge in [0.05, 0.1) is 11.8 Å². The number of rotatable bonds is 8. The minimum absolute atomic E-state index is 0.185. The van der Waals surface area contributed by atoms with Crippen LogP contribution in [0, 0.1) is 0 Å². The van der Waals surface area contributed by atoms with Gasteiger partial charge in [-0.2, -0.15) is 16.7 Å². The lowest BCUT2D eigenvalue weighted by Crippen LogP contribution is -2.11. The molecule has 0 aromatic carbocycles. The molecule has 98 valence electrons. The Hall–Kier alpha value is -0.590. The molecule has 0 bridgehead atoms. The lowest BCUT2D eigenvalue weighted by atomic mass is 10.2. The van der Waals surface area contributed by atoms with Gasteiger partial charge >= 0.3 is 0 Å². The maximum Gasteiger partial charge on any atom is 0.243 e. The van der Waals surface area contributed by atoms with Crippen molar-refractivity contribution in [2.24, 2.45) is 5.73 Å². The van der Waals surface area contributed by atoms with Crippen LogP contribution in [0.25, 0.3) is 0 Å². The molecule has 1 heterocycles. The molecule has 0 amide bonds. The normalized spacial score (nSPS) is 13.2. The standard InChI is InChI=1S/C11H21N3O2S/c1-8(2)17-7-10-13-11(16-14-10)9(12)5-4-6-15-3/h8-9H,4-7,12H2,1-3H3. The van der Waals surface area contributed by atoms with E-state index in [2.05, 4.69) is 24.0 Å². The Morgan fingerprint density at radius 1 is 1.47 bits per heavy atom. The number of nitrogens with zero attached hydrogens (tertiary/aromatic N) is 2. The summed E-state index contributed by atoms with van der Waals surface area (Å²) in [4.78, 5) is 4.30. The van der Waals surface area contributed by atoms with Crippen LogP contribution in [0.3, 0.4) is 0 Å². The first kappa shape index (κ1) is 14.5. The lowest BCUT2D eigenvalue weighted by molar-refractivity contribution is 0.188. The summed E-state index contributed by atoms with van der Waals surface area (Å²) in [6, 6.07) is -0.185. The van der Waals surface area contributed by atoms with E-state index >= 15 is 0 Å². The van der Waals surface area contributed by atoms with Crippen molar-refractivity contribution < 1.29 is 9.26 Å². The van der Waals surface area contributed by atoms with E-state index in [4.69, 9.17) is 15.0 Å². The molecule has 0 aliphatic heterocycles. The summed E-state index contributed by atoms with van der Waals surface area (Å²) < 4.78 is 10.1. The third kappa shape index (κ3) is 5.52. The van der Waals surface area contributed by atoms with Gasteiger partial charge in [0, 0.05) is 13.7 Å². The van der Waals surface area contributed by atoms with Crippen molar-refractivity contribution in [3.8, 4) is 0 Å². The summed E-state index contributed by atoms with van der Waals surface area (Å²) in [5.74, 6) is 2.02. The Labute approximate surface area is 106 Å². The van der Waals surface area contributed by atoms with E-state index in [-0.39, 0.29) is 6.04 Å². The molecule has 5 nitrogen and oxygen atoms in total. The number of ether oxygens (including phenoxy) is 1. The van der Waals surface area contributed by atoms with Gasteiger partial charge in [0.15, 0.2) is 5.82 Å². The highest BCUT2D eigenvalue weighted by atomic mass is 32.2. The third-order valence-electron chi connectivity index (χ3n) is 2.21. The Balaban J connectivity index is 2.38. The molecule has 1 atom stereocenters. The van der Waals surface area contributed by atoms with E-state index in [1.165, 1.54) is 0 Å². The van der Waals surface area contributed by atoms with Crippen molar-refractivity contribution in [3.05, 3.63) is 11.7 Å². The first-order valence-electron chi connectivity index (χ1n) is 5.82. The summed E-state index contributed by atoms with van der Waals surface area (Å²) in [6.45, 7) is 4.99. The average Bonchev–Trinajstić information content (AvgIpc) is 2.75. The molecule has 0 saturated heterocycles. The molecule has 0 aliphatic carbocycles. The van der Waals surface area contributed by atoms with E-state index in [0.717, 1.165) is 24.4 Å². The molecule has 0 saturated carbocycles. The molecule has 0 spiro atoms. The summed E-state index contributed by atoms with van der Waals surface area (Å²) in [6.07, 6.45) is 1.70. The zero-order valence-corrected chi connectivity index (χ0v) is 11.5. The molecule has 0 radical (unpaired) electrons. The van der Waals surface area contributed by atoms with E-state index in [9.17, 15) is 0 Å². The minimum Gasteiger partial charge on any atom is -0.385 e. The number of hydrogen-bond donors (Lipinski definition) is 1. The summed E-state index contributed by atoms with van der Waals surface area (Å²) in [5, 5.41) is 4.48. The first-order chi connectivity index (χ1) is 8.13. The maximum atomic E-state index is 5.95. The van der Waals surface area contributed by atoms with Crippen LogP contribution < -0.4 is 5.73 Å². The van der Waals surface area contributed by atoms with Crippen molar-refractivity contribution in [2.45, 2.75) is 43.7 Å². The molecule has 17 heavy (non-hydrogen) atoms. The van der Waals surface area contributed by atoms with Gasteiger partial charge in [-0.1, -0.05) is 19.0 Å². The van der Waals surface area contributed by atoms with E-state index in [0.29, 0.717) is 17.7 Å². The highest BCUT2D eigenvalue weighted by Gasteiger charge is 2.14. The van der Waals surface area contributed by atoms with E-state index in [1.807, 2.05) is 0 Å². The SMILES string of the molecule is COCCCC(N)c1nc(CSC(C)C)no1. The highest BCUT2D eigenvalue weighted by Crippen LogP contribution is 2.18. The fraction of sp³-hybridized carbons (Fsp3) is 0.818. The van der Waals surface area contributed by atoms with Gasteiger partial charge in [-0.15, -0.1) is 0 Å². The highest BCUT2D eigenvalue weighted by molar-refractivity contribution is 7.99. The second-order valence-electron chi connectivity index (χ2n) is 4.15. The Bertz CT molecular complexity index is 317. The van der Waals surface area contributed by atoms with Crippen molar-refractivity contribution >= 4 is 11.8 Å². The number of hydrogen-bond acceptors (Lipinski definition) is 6. The van der Waals surface area contributed by atoms with Gasteiger partial charge in [0.2, 0.25) is 5.89 Å². The van der Waals surface area contributed by atoms with Crippen LogP contribution in [0.4, 0.5) is 0 Å². The average molecular weight is 259 g/mol. The number of nitrogens with two attached hydrogens (primary N) is 1. The molecule has 1 unspecified atom stereocenters. The van der Waals surface area contributed by atoms with Gasteiger partial charge in [-0.05, 0) is 18.1 Å². The zero-order valence-electron chi connectivity index (χ0n) is 10.7. The van der Waals surface area contributed by atoms with Crippen LogP contribution in [0.15, 0.2) is 4.52 Å². The molecule has 0 fully saturated rings. The predicted octanol–water partition coefficient (Wildman–Crippen LogP) is 2.14. The molecule has 0 aliphatic rings. The van der Waals surface area contributed by atoms with Crippen LogP contribution in [-0.2, 0) is 10.5 Å². The van der Waals surface area contributed by atoms with Crippen molar-refractivity contribution in [1.29, 1.82) is 0 Å². The Morgan fingerprint density at radius 2 is 2.24 bits per heavy atom. The second-order valence-corrected chi connectivity index (χ2v) is 5.71. The lowest BCUT2D eigenvalue weighted by Gasteiger charge is -2.05.